The van der Waals surface area contributed by atoms with E-state index in [9.17, 15) is 14.7 Å². The molecule has 0 bridgehead atoms. The summed E-state index contributed by atoms with van der Waals surface area (Å²) in [6, 6.07) is 12.2. The van der Waals surface area contributed by atoms with Gasteiger partial charge in [0.2, 0.25) is 0 Å². The third kappa shape index (κ3) is 4.12. The van der Waals surface area contributed by atoms with E-state index in [1.807, 2.05) is 23.6 Å². The summed E-state index contributed by atoms with van der Waals surface area (Å²) in [5.74, 6) is -1.25. The fourth-order valence-corrected chi connectivity index (χ4v) is 4.86. The van der Waals surface area contributed by atoms with Crippen molar-refractivity contribution < 1.29 is 24.3 Å². The number of aliphatic hydroxyl groups is 1. The molecule has 1 amide bonds. The van der Waals surface area contributed by atoms with Gasteiger partial charge in [0.25, 0.3) is 11.7 Å². The lowest BCUT2D eigenvalue weighted by atomic mass is 10.00. The van der Waals surface area contributed by atoms with Crippen LogP contribution in [0.1, 0.15) is 22.9 Å². The Labute approximate surface area is 174 Å². The summed E-state index contributed by atoms with van der Waals surface area (Å²) in [6.07, 6.45) is 0.801. The number of ether oxygens (including phenoxy) is 1. The lowest BCUT2D eigenvalue weighted by Crippen LogP contribution is -3.14. The van der Waals surface area contributed by atoms with Crippen LogP contribution in [0.5, 0.6) is 0 Å². The molecule has 0 aliphatic carbocycles. The molecule has 6 nitrogen and oxygen atoms in total. The number of likely N-dealkylation sites (tertiary alicyclic amines) is 1. The van der Waals surface area contributed by atoms with Crippen LogP contribution in [-0.4, -0.2) is 61.1 Å². The van der Waals surface area contributed by atoms with Crippen LogP contribution in [-0.2, 0) is 14.3 Å². The number of rotatable bonds is 6. The molecule has 2 aliphatic heterocycles. The van der Waals surface area contributed by atoms with E-state index in [1.165, 1.54) is 16.2 Å². The zero-order chi connectivity index (χ0) is 20.2. The highest BCUT2D eigenvalue weighted by atomic mass is 32.1. The molecular weight excluding hydrogens is 388 g/mol. The molecule has 2 N–H and O–H groups in total. The second-order valence-electron chi connectivity index (χ2n) is 7.34. The number of ketones is 1. The number of aliphatic hydroxyl groups excluding tert-OH is 1. The smallest absolute Gasteiger partial charge is 0.295 e. The van der Waals surface area contributed by atoms with Gasteiger partial charge in [0.05, 0.1) is 31.4 Å². The first-order valence-electron chi connectivity index (χ1n) is 9.95. The molecule has 2 saturated heterocycles. The molecular formula is C22H25N2O4S+. The third-order valence-electron chi connectivity index (χ3n) is 5.53. The van der Waals surface area contributed by atoms with Crippen LogP contribution in [0.4, 0.5) is 0 Å². The molecule has 2 aromatic rings. The van der Waals surface area contributed by atoms with E-state index >= 15 is 0 Å². The van der Waals surface area contributed by atoms with Crippen LogP contribution >= 0.6 is 11.3 Å². The molecule has 2 fully saturated rings. The second kappa shape index (κ2) is 8.90. The largest absolute Gasteiger partial charge is 0.507 e. The standard InChI is InChI=1S/C22H24N2O4S/c25-20(16-6-2-1-3-7-16)18-19(17-8-4-15-29-17)24(22(27)21(18)26)10-5-9-23-11-13-28-14-12-23/h1-4,6-8,15,19,25H,5,9-14H2/p+1/b20-18+/t19-/m1/s1. The summed E-state index contributed by atoms with van der Waals surface area (Å²) in [5, 5.41) is 12.8. The van der Waals surface area contributed by atoms with Crippen molar-refractivity contribution in [2.75, 3.05) is 39.4 Å². The summed E-state index contributed by atoms with van der Waals surface area (Å²) in [5.41, 5.74) is 0.729. The van der Waals surface area contributed by atoms with E-state index < -0.39 is 17.7 Å². The Balaban J connectivity index is 1.60. The third-order valence-corrected chi connectivity index (χ3v) is 6.45. The van der Waals surface area contributed by atoms with E-state index in [2.05, 4.69) is 0 Å². The quantitative estimate of drug-likeness (QED) is 0.428. The number of thiophene rings is 1. The van der Waals surface area contributed by atoms with Crippen LogP contribution < -0.4 is 4.90 Å². The zero-order valence-corrected chi connectivity index (χ0v) is 17.0. The average Bonchev–Trinajstić information content (AvgIpc) is 3.37. The van der Waals surface area contributed by atoms with Crippen molar-refractivity contribution in [1.29, 1.82) is 0 Å². The van der Waals surface area contributed by atoms with Gasteiger partial charge < -0.3 is 19.6 Å². The van der Waals surface area contributed by atoms with Crippen molar-refractivity contribution in [3.8, 4) is 0 Å². The summed E-state index contributed by atoms with van der Waals surface area (Å²) >= 11 is 1.49. The highest BCUT2D eigenvalue weighted by Gasteiger charge is 2.46. The fraction of sp³-hybridized carbons (Fsp3) is 0.364. The predicted octanol–water partition coefficient (Wildman–Crippen LogP) is 1.48. The molecule has 0 saturated carbocycles. The van der Waals surface area contributed by atoms with Gasteiger partial charge in [0.1, 0.15) is 18.8 Å². The number of carbonyl (C=O) groups excluding carboxylic acids is 2. The molecule has 0 radical (unpaired) electrons. The molecule has 2 aliphatic rings. The summed E-state index contributed by atoms with van der Waals surface area (Å²) in [6.45, 7) is 4.91. The van der Waals surface area contributed by atoms with Gasteiger partial charge in [-0.1, -0.05) is 36.4 Å². The molecule has 152 valence electrons. The maximum atomic E-state index is 12.9. The Bertz CT molecular complexity index is 889. The van der Waals surface area contributed by atoms with Crippen LogP contribution in [0.25, 0.3) is 5.76 Å². The lowest BCUT2D eigenvalue weighted by Gasteiger charge is -2.27. The lowest BCUT2D eigenvalue weighted by molar-refractivity contribution is -0.908. The maximum absolute atomic E-state index is 12.9. The monoisotopic (exact) mass is 413 g/mol. The van der Waals surface area contributed by atoms with Gasteiger partial charge in [-0.3, -0.25) is 9.59 Å². The van der Waals surface area contributed by atoms with Crippen molar-refractivity contribution in [3.05, 3.63) is 63.9 Å². The van der Waals surface area contributed by atoms with Gasteiger partial charge in [0.15, 0.2) is 0 Å². The number of quaternary nitrogens is 1. The number of carbonyl (C=O) groups is 2. The summed E-state index contributed by atoms with van der Waals surface area (Å²) < 4.78 is 5.40. The maximum Gasteiger partial charge on any atom is 0.295 e. The van der Waals surface area contributed by atoms with Crippen molar-refractivity contribution in [1.82, 2.24) is 4.90 Å². The molecule has 7 heteroatoms. The van der Waals surface area contributed by atoms with E-state index in [0.29, 0.717) is 12.1 Å². The fourth-order valence-electron chi connectivity index (χ4n) is 4.01. The minimum absolute atomic E-state index is 0.108. The SMILES string of the molecule is O=C1C(=O)N(CCC[NH+]2CCOCC2)[C@H](c2cccs2)/C1=C(\O)c1ccccc1. The number of morpholine rings is 1. The number of hydrogen-bond donors (Lipinski definition) is 2. The summed E-state index contributed by atoms with van der Waals surface area (Å²) in [7, 11) is 0. The first kappa shape index (κ1) is 19.8. The van der Waals surface area contributed by atoms with Gasteiger partial charge in [-0.25, -0.2) is 0 Å². The van der Waals surface area contributed by atoms with Crippen LogP contribution in [0.15, 0.2) is 53.4 Å². The van der Waals surface area contributed by atoms with E-state index in [1.54, 1.807) is 29.2 Å². The molecule has 0 spiro atoms. The van der Waals surface area contributed by atoms with Crippen LogP contribution in [0, 0.1) is 0 Å². The van der Waals surface area contributed by atoms with Crippen LogP contribution in [0.3, 0.4) is 0 Å². The number of amides is 1. The topological polar surface area (TPSA) is 71.3 Å². The molecule has 3 heterocycles. The molecule has 1 aromatic carbocycles. The molecule has 1 aromatic heterocycles. The van der Waals surface area contributed by atoms with Gasteiger partial charge in [0, 0.05) is 23.4 Å². The Hall–Kier alpha value is -2.48. The second-order valence-corrected chi connectivity index (χ2v) is 8.32. The number of benzene rings is 1. The Morgan fingerprint density at radius 1 is 1.14 bits per heavy atom. The van der Waals surface area contributed by atoms with Crippen molar-refractivity contribution in [2.24, 2.45) is 0 Å². The van der Waals surface area contributed by atoms with Gasteiger partial charge in [-0.05, 0) is 11.4 Å². The molecule has 1 atom stereocenters. The summed E-state index contributed by atoms with van der Waals surface area (Å²) in [4.78, 5) is 29.7. The van der Waals surface area contributed by atoms with Gasteiger partial charge in [-0.15, -0.1) is 11.3 Å². The van der Waals surface area contributed by atoms with Crippen molar-refractivity contribution in [3.63, 3.8) is 0 Å². The van der Waals surface area contributed by atoms with Gasteiger partial charge in [-0.2, -0.15) is 0 Å². The Morgan fingerprint density at radius 3 is 2.59 bits per heavy atom. The Morgan fingerprint density at radius 2 is 1.90 bits per heavy atom. The van der Waals surface area contributed by atoms with E-state index in [-0.39, 0.29) is 11.3 Å². The van der Waals surface area contributed by atoms with E-state index in [0.717, 1.165) is 44.1 Å². The first-order valence-corrected chi connectivity index (χ1v) is 10.8. The minimum atomic E-state index is -0.608. The van der Waals surface area contributed by atoms with Gasteiger partial charge >= 0.3 is 0 Å². The normalized spacial score (nSPS) is 22.3. The van der Waals surface area contributed by atoms with Crippen molar-refractivity contribution >= 4 is 28.8 Å². The number of nitrogens with zero attached hydrogens (tertiary/aromatic N) is 1. The molecule has 4 rings (SSSR count). The first-order chi connectivity index (χ1) is 14.2. The average molecular weight is 414 g/mol. The number of Topliss-reactive ketones (excluding diaryl/α,β-unsaturated/α-hetero) is 1. The minimum Gasteiger partial charge on any atom is -0.507 e. The zero-order valence-electron chi connectivity index (χ0n) is 16.2. The molecule has 0 unspecified atom stereocenters. The predicted molar refractivity (Wildman–Crippen MR) is 111 cm³/mol. The van der Waals surface area contributed by atoms with Crippen LogP contribution in [0.2, 0.25) is 0 Å². The number of hydrogen-bond acceptors (Lipinski definition) is 5. The van der Waals surface area contributed by atoms with Crippen molar-refractivity contribution in [2.45, 2.75) is 12.5 Å². The van der Waals surface area contributed by atoms with E-state index in [4.69, 9.17) is 4.74 Å². The highest BCUT2D eigenvalue weighted by molar-refractivity contribution is 7.10. The number of nitrogens with one attached hydrogen (secondary N) is 1. The molecule has 29 heavy (non-hydrogen) atoms. The highest BCUT2D eigenvalue weighted by Crippen LogP contribution is 2.40. The Kier molecular flexibility index (Phi) is 6.08.